The predicted octanol–water partition coefficient (Wildman–Crippen LogP) is 2.38. The number of hydroxylamine groups is 1. The second kappa shape index (κ2) is 6.57. The van der Waals surface area contributed by atoms with E-state index in [4.69, 9.17) is 4.84 Å². The van der Waals surface area contributed by atoms with Gasteiger partial charge >= 0.3 is 0 Å². The molecule has 1 heterocycles. The highest BCUT2D eigenvalue weighted by atomic mass is 16.7. The van der Waals surface area contributed by atoms with Crippen LogP contribution in [0.1, 0.15) is 36.0 Å². The smallest absolute Gasteiger partial charge is 0.270 e. The molecule has 8 heteroatoms. The minimum atomic E-state index is -0.466. The zero-order valence-corrected chi connectivity index (χ0v) is 12.3. The van der Waals surface area contributed by atoms with Gasteiger partial charge < -0.3 is 0 Å². The lowest BCUT2D eigenvalue weighted by Crippen LogP contribution is -2.28. The van der Waals surface area contributed by atoms with Crippen molar-refractivity contribution in [3.05, 3.63) is 52.3 Å². The summed E-state index contributed by atoms with van der Waals surface area (Å²) in [6.45, 7) is 0. The number of rotatable bonds is 5. The molecule has 2 aromatic rings. The van der Waals surface area contributed by atoms with Gasteiger partial charge in [-0.25, -0.2) is 10.2 Å². The van der Waals surface area contributed by atoms with Crippen LogP contribution in [-0.2, 0) is 4.84 Å². The molecule has 0 bridgehead atoms. The van der Waals surface area contributed by atoms with E-state index in [1.807, 2.05) is 0 Å². The second-order valence-corrected chi connectivity index (χ2v) is 5.40. The van der Waals surface area contributed by atoms with Crippen LogP contribution in [0.5, 0.6) is 0 Å². The molecule has 8 nitrogen and oxygen atoms in total. The number of aromatic nitrogens is 2. The van der Waals surface area contributed by atoms with Gasteiger partial charge in [0, 0.05) is 18.3 Å². The fourth-order valence-corrected chi connectivity index (χ4v) is 2.51. The Bertz CT molecular complexity index is 705. The number of carbonyl (C=O) groups is 1. The fraction of sp³-hybridized carbons (Fsp3) is 0.333. The molecule has 1 aromatic heterocycles. The number of nitrogens with zero attached hydrogens (tertiary/aromatic N) is 3. The molecular weight excluding hydrogens is 300 g/mol. The van der Waals surface area contributed by atoms with E-state index >= 15 is 0 Å². The number of hydrogen-bond donors (Lipinski definition) is 1. The Morgan fingerprint density at radius 2 is 2.00 bits per heavy atom. The van der Waals surface area contributed by atoms with Crippen LogP contribution in [0.2, 0.25) is 0 Å². The molecule has 1 aromatic carbocycles. The lowest BCUT2D eigenvalue weighted by molar-refractivity contribution is -0.384. The first-order valence-electron chi connectivity index (χ1n) is 7.39. The summed E-state index contributed by atoms with van der Waals surface area (Å²) in [5.74, 6) is -0.356. The summed E-state index contributed by atoms with van der Waals surface area (Å²) >= 11 is 0. The highest BCUT2D eigenvalue weighted by Gasteiger charge is 2.18. The topological polar surface area (TPSA) is 99.3 Å². The minimum Gasteiger partial charge on any atom is -0.270 e. The molecule has 0 spiro atoms. The van der Waals surface area contributed by atoms with Crippen LogP contribution in [0.4, 0.5) is 5.69 Å². The van der Waals surface area contributed by atoms with Gasteiger partial charge in [0.15, 0.2) is 0 Å². The molecule has 23 heavy (non-hydrogen) atoms. The van der Waals surface area contributed by atoms with Gasteiger partial charge in [0.2, 0.25) is 0 Å². The largest absolute Gasteiger partial charge is 0.278 e. The molecule has 1 amide bonds. The highest BCUT2D eigenvalue weighted by molar-refractivity contribution is 5.93. The van der Waals surface area contributed by atoms with Crippen molar-refractivity contribution in [2.75, 3.05) is 0 Å². The van der Waals surface area contributed by atoms with Crippen molar-refractivity contribution < 1.29 is 14.6 Å². The summed E-state index contributed by atoms with van der Waals surface area (Å²) in [7, 11) is 0. The molecule has 1 aliphatic rings. The summed E-state index contributed by atoms with van der Waals surface area (Å²) < 4.78 is 1.48. The Hall–Kier alpha value is -2.74. The summed E-state index contributed by atoms with van der Waals surface area (Å²) in [4.78, 5) is 27.5. The monoisotopic (exact) mass is 316 g/mol. The van der Waals surface area contributed by atoms with Gasteiger partial charge in [0.1, 0.15) is 0 Å². The summed E-state index contributed by atoms with van der Waals surface area (Å²) in [6, 6.07) is 5.92. The van der Waals surface area contributed by atoms with Crippen molar-refractivity contribution in [2.24, 2.45) is 0 Å². The van der Waals surface area contributed by atoms with E-state index < -0.39 is 4.92 Å². The molecule has 0 aliphatic heterocycles. The quantitative estimate of drug-likeness (QED) is 0.674. The van der Waals surface area contributed by atoms with Gasteiger partial charge in [-0.05, 0) is 25.0 Å². The molecule has 3 rings (SSSR count). The van der Waals surface area contributed by atoms with Gasteiger partial charge in [0.25, 0.3) is 11.6 Å². The van der Waals surface area contributed by atoms with E-state index in [-0.39, 0.29) is 17.7 Å². The van der Waals surface area contributed by atoms with Crippen molar-refractivity contribution in [3.63, 3.8) is 0 Å². The summed E-state index contributed by atoms with van der Waals surface area (Å²) in [5.41, 5.74) is 3.44. The van der Waals surface area contributed by atoms with Crippen molar-refractivity contribution in [2.45, 2.75) is 31.8 Å². The zero-order chi connectivity index (χ0) is 16.2. The van der Waals surface area contributed by atoms with E-state index in [0.29, 0.717) is 11.3 Å². The molecule has 0 saturated heterocycles. The molecule has 1 fully saturated rings. The van der Waals surface area contributed by atoms with Gasteiger partial charge in [-0.15, -0.1) is 0 Å². The molecule has 1 saturated carbocycles. The lowest BCUT2D eigenvalue weighted by atomic mass is 10.3. The average molecular weight is 316 g/mol. The maximum Gasteiger partial charge on any atom is 0.278 e. The number of nitrogens with one attached hydrogen (secondary N) is 1. The van der Waals surface area contributed by atoms with Crippen LogP contribution < -0.4 is 5.48 Å². The van der Waals surface area contributed by atoms with E-state index in [0.717, 1.165) is 25.7 Å². The van der Waals surface area contributed by atoms with Crippen molar-refractivity contribution in [1.82, 2.24) is 15.3 Å². The number of non-ortho nitro benzene ring substituents is 1. The third-order valence-electron chi connectivity index (χ3n) is 3.79. The average Bonchev–Trinajstić information content (AvgIpc) is 3.24. The van der Waals surface area contributed by atoms with E-state index in [1.54, 1.807) is 18.3 Å². The van der Waals surface area contributed by atoms with Crippen LogP contribution in [0, 0.1) is 10.1 Å². The normalized spacial score (nSPS) is 14.8. The Labute approximate surface area is 132 Å². The van der Waals surface area contributed by atoms with Gasteiger partial charge in [-0.2, -0.15) is 5.10 Å². The number of carbonyl (C=O) groups excluding carboxylic acids is 1. The molecule has 0 atom stereocenters. The maximum absolute atomic E-state index is 12.0. The first-order chi connectivity index (χ1) is 11.1. The van der Waals surface area contributed by atoms with Crippen LogP contribution in [0.15, 0.2) is 36.7 Å². The predicted molar refractivity (Wildman–Crippen MR) is 81.0 cm³/mol. The maximum atomic E-state index is 12.0. The Morgan fingerprint density at radius 3 is 2.65 bits per heavy atom. The SMILES string of the molecule is O=C(NOC1CCCC1)c1cnn(-c2ccc([N+](=O)[O-])cc2)c1. The molecular formula is C15H16N4O4. The second-order valence-electron chi connectivity index (χ2n) is 5.40. The van der Waals surface area contributed by atoms with Gasteiger partial charge in [-0.1, -0.05) is 12.8 Å². The number of hydrogen-bond acceptors (Lipinski definition) is 5. The van der Waals surface area contributed by atoms with Gasteiger partial charge in [-0.3, -0.25) is 19.7 Å². The number of benzene rings is 1. The molecule has 1 aliphatic carbocycles. The van der Waals surface area contributed by atoms with Crippen molar-refractivity contribution in [3.8, 4) is 5.69 Å². The summed E-state index contributed by atoms with van der Waals surface area (Å²) in [6.07, 6.45) is 7.23. The number of amides is 1. The first kappa shape index (κ1) is 15.2. The Kier molecular flexibility index (Phi) is 4.33. The van der Waals surface area contributed by atoms with Crippen LogP contribution in [0.25, 0.3) is 5.69 Å². The lowest BCUT2D eigenvalue weighted by Gasteiger charge is -2.10. The van der Waals surface area contributed by atoms with E-state index in [1.165, 1.54) is 23.0 Å². The highest BCUT2D eigenvalue weighted by Crippen LogP contribution is 2.20. The number of nitro benzene ring substituents is 1. The molecule has 120 valence electrons. The van der Waals surface area contributed by atoms with Gasteiger partial charge in [0.05, 0.1) is 28.5 Å². The molecule has 0 unspecified atom stereocenters. The van der Waals surface area contributed by atoms with Crippen LogP contribution in [-0.4, -0.2) is 26.7 Å². The van der Waals surface area contributed by atoms with Crippen molar-refractivity contribution in [1.29, 1.82) is 0 Å². The fourth-order valence-electron chi connectivity index (χ4n) is 2.51. The molecule has 1 N–H and O–H groups in total. The van der Waals surface area contributed by atoms with E-state index in [2.05, 4.69) is 10.6 Å². The third kappa shape index (κ3) is 3.54. The zero-order valence-electron chi connectivity index (χ0n) is 12.3. The number of nitro groups is 1. The van der Waals surface area contributed by atoms with Crippen molar-refractivity contribution >= 4 is 11.6 Å². The Morgan fingerprint density at radius 1 is 1.30 bits per heavy atom. The Balaban J connectivity index is 1.64. The minimum absolute atomic E-state index is 0.00355. The van der Waals surface area contributed by atoms with E-state index in [9.17, 15) is 14.9 Å². The standard InChI is InChI=1S/C15H16N4O4/c20-15(17-23-14-3-1-2-4-14)11-9-16-18(10-11)12-5-7-13(8-6-12)19(21)22/h5-10,14H,1-4H2,(H,17,20). The third-order valence-corrected chi connectivity index (χ3v) is 3.79. The summed E-state index contributed by atoms with van der Waals surface area (Å²) in [5, 5.41) is 14.7. The first-order valence-corrected chi connectivity index (χ1v) is 7.39. The van der Waals surface area contributed by atoms with Crippen LogP contribution >= 0.6 is 0 Å². The molecule has 0 radical (unpaired) electrons. The van der Waals surface area contributed by atoms with Crippen LogP contribution in [0.3, 0.4) is 0 Å².